The van der Waals surface area contributed by atoms with E-state index in [0.717, 1.165) is 16.8 Å². The van der Waals surface area contributed by atoms with Gasteiger partial charge in [0.2, 0.25) is 12.4 Å². The van der Waals surface area contributed by atoms with Crippen molar-refractivity contribution in [2.24, 2.45) is 5.73 Å². The molecule has 7 heteroatoms. The molecule has 0 saturated carbocycles. The minimum atomic E-state index is -0.200. The first kappa shape index (κ1) is 21.2. The number of primary amides is 1. The Balaban J connectivity index is 0.000000878. The number of nitrogens with two attached hydrogens (primary N) is 1. The summed E-state index contributed by atoms with van der Waals surface area (Å²) in [7, 11) is 0. The van der Waals surface area contributed by atoms with E-state index >= 15 is 0 Å². The van der Waals surface area contributed by atoms with Crippen molar-refractivity contribution in [3.63, 3.8) is 0 Å². The SMILES string of the molecule is CCc1cn(Cc2ccccc2)c(Nc2cccc(Cl)c2C)nc1=O.NC=O. The average molecular weight is 399 g/mol. The van der Waals surface area contributed by atoms with Crippen molar-refractivity contribution in [2.75, 3.05) is 5.32 Å². The van der Waals surface area contributed by atoms with E-state index < -0.39 is 0 Å². The maximum Gasteiger partial charge on any atom is 0.277 e. The quantitative estimate of drug-likeness (QED) is 0.642. The van der Waals surface area contributed by atoms with Crippen LogP contribution in [0.2, 0.25) is 5.02 Å². The van der Waals surface area contributed by atoms with Gasteiger partial charge >= 0.3 is 0 Å². The Bertz CT molecular complexity index is 987. The molecule has 146 valence electrons. The molecule has 1 amide bonds. The highest BCUT2D eigenvalue weighted by atomic mass is 35.5. The molecule has 0 fully saturated rings. The van der Waals surface area contributed by atoms with Crippen molar-refractivity contribution < 1.29 is 4.79 Å². The van der Waals surface area contributed by atoms with E-state index in [4.69, 9.17) is 16.4 Å². The lowest BCUT2D eigenvalue weighted by molar-refractivity contribution is -0.106. The van der Waals surface area contributed by atoms with Crippen molar-refractivity contribution in [2.45, 2.75) is 26.8 Å². The van der Waals surface area contributed by atoms with Gasteiger partial charge in [-0.3, -0.25) is 9.59 Å². The third kappa shape index (κ3) is 5.44. The number of hydrogen-bond donors (Lipinski definition) is 2. The molecular formula is C21H23ClN4O2. The number of hydrogen-bond acceptors (Lipinski definition) is 4. The van der Waals surface area contributed by atoms with Gasteiger partial charge in [-0.2, -0.15) is 4.98 Å². The van der Waals surface area contributed by atoms with Gasteiger partial charge < -0.3 is 15.6 Å². The molecule has 2 aromatic carbocycles. The first-order valence-corrected chi connectivity index (χ1v) is 9.19. The monoisotopic (exact) mass is 398 g/mol. The van der Waals surface area contributed by atoms with Crippen LogP contribution >= 0.6 is 11.6 Å². The summed E-state index contributed by atoms with van der Waals surface area (Å²) in [5.74, 6) is 0.511. The molecule has 3 N–H and O–H groups in total. The highest BCUT2D eigenvalue weighted by molar-refractivity contribution is 6.31. The molecule has 1 heterocycles. The Kier molecular flexibility index (Phi) is 7.77. The topological polar surface area (TPSA) is 90.0 Å². The number of carbonyl (C=O) groups is 1. The van der Waals surface area contributed by atoms with Gasteiger partial charge in [0.25, 0.3) is 5.56 Å². The van der Waals surface area contributed by atoms with E-state index in [1.807, 2.05) is 61.0 Å². The molecule has 0 unspecified atom stereocenters. The maximum absolute atomic E-state index is 12.2. The van der Waals surface area contributed by atoms with Gasteiger partial charge in [-0.1, -0.05) is 54.9 Å². The number of anilines is 2. The first-order valence-electron chi connectivity index (χ1n) is 8.81. The second kappa shape index (κ2) is 10.3. The fraction of sp³-hybridized carbons (Fsp3) is 0.190. The number of amides is 1. The van der Waals surface area contributed by atoms with Crippen molar-refractivity contribution in [1.82, 2.24) is 9.55 Å². The lowest BCUT2D eigenvalue weighted by Crippen LogP contribution is -2.20. The summed E-state index contributed by atoms with van der Waals surface area (Å²) in [5.41, 5.74) is 7.56. The molecule has 6 nitrogen and oxygen atoms in total. The number of halogens is 1. The lowest BCUT2D eigenvalue weighted by atomic mass is 10.2. The van der Waals surface area contributed by atoms with Crippen LogP contribution in [0.1, 0.15) is 23.6 Å². The molecule has 0 spiro atoms. The standard InChI is InChI=1S/C20H20ClN3O.CH3NO/c1-3-16-13-24(12-15-8-5-4-6-9-15)20(23-19(16)25)22-18-11-7-10-17(21)14(18)2;2-1-3/h4-11,13H,3,12H2,1-2H3,(H,22,23,25);1H,(H2,2,3). The molecule has 1 aromatic heterocycles. The number of aromatic nitrogens is 2. The molecule has 0 bridgehead atoms. The molecular weight excluding hydrogens is 376 g/mol. The van der Waals surface area contributed by atoms with Gasteiger partial charge in [0.15, 0.2) is 0 Å². The third-order valence-corrected chi connectivity index (χ3v) is 4.57. The van der Waals surface area contributed by atoms with Crippen molar-refractivity contribution >= 4 is 29.6 Å². The first-order chi connectivity index (χ1) is 13.5. The zero-order chi connectivity index (χ0) is 20.5. The summed E-state index contributed by atoms with van der Waals surface area (Å²) in [6, 6.07) is 15.7. The van der Waals surface area contributed by atoms with Gasteiger partial charge in [-0.05, 0) is 36.6 Å². The van der Waals surface area contributed by atoms with E-state index in [-0.39, 0.29) is 12.0 Å². The van der Waals surface area contributed by atoms with Crippen LogP contribution in [0.5, 0.6) is 0 Å². The van der Waals surface area contributed by atoms with Crippen LogP contribution in [0, 0.1) is 6.92 Å². The Hall–Kier alpha value is -3.12. The van der Waals surface area contributed by atoms with Crippen LogP contribution in [0.4, 0.5) is 11.6 Å². The van der Waals surface area contributed by atoms with Crippen LogP contribution in [0.25, 0.3) is 0 Å². The summed E-state index contributed by atoms with van der Waals surface area (Å²) in [5, 5.41) is 3.93. The second-order valence-corrected chi connectivity index (χ2v) is 6.44. The van der Waals surface area contributed by atoms with E-state index in [0.29, 0.717) is 29.5 Å². The number of rotatable bonds is 5. The maximum atomic E-state index is 12.2. The highest BCUT2D eigenvalue weighted by Crippen LogP contribution is 2.25. The number of benzene rings is 2. The molecule has 0 radical (unpaired) electrons. The predicted octanol–water partition coefficient (Wildman–Crippen LogP) is 3.66. The molecule has 0 atom stereocenters. The van der Waals surface area contributed by atoms with Crippen LogP contribution in [0.15, 0.2) is 59.5 Å². The van der Waals surface area contributed by atoms with E-state index in [9.17, 15) is 4.79 Å². The highest BCUT2D eigenvalue weighted by Gasteiger charge is 2.10. The summed E-state index contributed by atoms with van der Waals surface area (Å²) < 4.78 is 1.97. The molecule has 3 aromatic rings. The average Bonchev–Trinajstić information content (AvgIpc) is 2.69. The van der Waals surface area contributed by atoms with Gasteiger partial charge in [-0.25, -0.2) is 0 Å². The van der Waals surface area contributed by atoms with Crippen molar-refractivity contribution in [1.29, 1.82) is 0 Å². The molecule has 28 heavy (non-hydrogen) atoms. The van der Waals surface area contributed by atoms with Gasteiger partial charge in [-0.15, -0.1) is 0 Å². The van der Waals surface area contributed by atoms with Gasteiger partial charge in [0.1, 0.15) is 0 Å². The lowest BCUT2D eigenvalue weighted by Gasteiger charge is -2.17. The fourth-order valence-corrected chi connectivity index (χ4v) is 2.82. The Labute approximate surface area is 169 Å². The Morgan fingerprint density at radius 3 is 2.50 bits per heavy atom. The minimum Gasteiger partial charge on any atom is -0.372 e. The number of aryl methyl sites for hydroxylation is 1. The zero-order valence-electron chi connectivity index (χ0n) is 15.9. The van der Waals surface area contributed by atoms with Crippen molar-refractivity contribution in [3.05, 3.63) is 86.8 Å². The molecule has 0 saturated heterocycles. The molecule has 0 aliphatic rings. The Morgan fingerprint density at radius 1 is 1.18 bits per heavy atom. The second-order valence-electron chi connectivity index (χ2n) is 6.04. The van der Waals surface area contributed by atoms with Crippen LogP contribution < -0.4 is 16.6 Å². The van der Waals surface area contributed by atoms with Crippen molar-refractivity contribution in [3.8, 4) is 0 Å². The van der Waals surface area contributed by atoms with E-state index in [1.165, 1.54) is 0 Å². The predicted molar refractivity (Wildman–Crippen MR) is 113 cm³/mol. The number of nitrogens with one attached hydrogen (secondary N) is 1. The molecule has 0 aliphatic heterocycles. The van der Waals surface area contributed by atoms with Gasteiger partial charge in [0, 0.05) is 22.5 Å². The normalized spacial score (nSPS) is 9.96. The number of carbonyl (C=O) groups excluding carboxylic acids is 1. The van der Waals surface area contributed by atoms with Gasteiger partial charge in [0.05, 0.1) is 6.54 Å². The minimum absolute atomic E-state index is 0.200. The fourth-order valence-electron chi connectivity index (χ4n) is 2.64. The summed E-state index contributed by atoms with van der Waals surface area (Å²) >= 11 is 6.20. The van der Waals surface area contributed by atoms with Crippen LogP contribution in [-0.4, -0.2) is 16.0 Å². The smallest absolute Gasteiger partial charge is 0.277 e. The third-order valence-electron chi connectivity index (χ3n) is 4.16. The summed E-state index contributed by atoms with van der Waals surface area (Å²) in [6.45, 7) is 4.52. The van der Waals surface area contributed by atoms with Crippen LogP contribution in [0.3, 0.4) is 0 Å². The summed E-state index contributed by atoms with van der Waals surface area (Å²) in [6.07, 6.45) is 2.78. The van der Waals surface area contributed by atoms with E-state index in [2.05, 4.69) is 28.2 Å². The Morgan fingerprint density at radius 2 is 1.86 bits per heavy atom. The number of nitrogens with zero attached hydrogens (tertiary/aromatic N) is 2. The zero-order valence-corrected chi connectivity index (χ0v) is 16.6. The van der Waals surface area contributed by atoms with E-state index in [1.54, 1.807) is 0 Å². The molecule has 0 aliphatic carbocycles. The van der Waals surface area contributed by atoms with Crippen LogP contribution in [-0.2, 0) is 17.8 Å². The summed E-state index contributed by atoms with van der Waals surface area (Å²) in [4.78, 5) is 25.1. The molecule has 3 rings (SSSR count). The largest absolute Gasteiger partial charge is 0.372 e.